The predicted octanol–water partition coefficient (Wildman–Crippen LogP) is 4.34. The average Bonchev–Trinajstić information content (AvgIpc) is 2.52. The van der Waals surface area contributed by atoms with Gasteiger partial charge in [-0.15, -0.1) is 0 Å². The second kappa shape index (κ2) is 5.62. The summed E-state index contributed by atoms with van der Waals surface area (Å²) in [5.74, 6) is 1.00. The van der Waals surface area contributed by atoms with E-state index in [9.17, 15) is 4.39 Å². The Labute approximate surface area is 81.9 Å². The Bertz CT molecular complexity index is 133. The van der Waals surface area contributed by atoms with Crippen LogP contribution in [0.25, 0.3) is 0 Å². The lowest BCUT2D eigenvalue weighted by Gasteiger charge is -2.20. The Hall–Kier alpha value is -0.0700. The lowest BCUT2D eigenvalue weighted by molar-refractivity contribution is 0.196. The van der Waals surface area contributed by atoms with Gasteiger partial charge in [0.25, 0.3) is 0 Å². The fraction of sp³-hybridized carbons (Fsp3) is 1.00. The molecule has 0 bridgehead atoms. The van der Waals surface area contributed by atoms with Gasteiger partial charge in [0.05, 0.1) is 0 Å². The molecule has 0 aromatic carbocycles. The zero-order valence-corrected chi connectivity index (χ0v) is 9.06. The highest BCUT2D eigenvalue weighted by Gasteiger charge is 2.30. The van der Waals surface area contributed by atoms with E-state index in [1.807, 2.05) is 0 Å². The van der Waals surface area contributed by atoms with Gasteiger partial charge in [-0.3, -0.25) is 0 Å². The van der Waals surface area contributed by atoms with Gasteiger partial charge in [-0.2, -0.15) is 0 Å². The largest absolute Gasteiger partial charge is 0.247 e. The lowest BCUT2D eigenvalue weighted by Crippen LogP contribution is -2.17. The van der Waals surface area contributed by atoms with Crippen molar-refractivity contribution in [1.82, 2.24) is 0 Å². The van der Waals surface area contributed by atoms with Gasteiger partial charge in [0, 0.05) is 0 Å². The fourth-order valence-corrected chi connectivity index (χ4v) is 2.51. The molecule has 3 unspecified atom stereocenters. The summed E-state index contributed by atoms with van der Waals surface area (Å²) in [5, 5.41) is 0. The molecule has 0 saturated heterocycles. The van der Waals surface area contributed by atoms with Crippen LogP contribution in [0.1, 0.15) is 58.8 Å². The molecule has 0 N–H and O–H groups in total. The standard InChI is InChI=1S/C12H23F/c1-3-4-5-7-10(2)11-8-6-9-12(11)13/h10-12H,3-9H2,1-2H3. The molecule has 1 heteroatoms. The van der Waals surface area contributed by atoms with E-state index in [0.29, 0.717) is 11.8 Å². The Morgan fingerprint density at radius 2 is 2.08 bits per heavy atom. The van der Waals surface area contributed by atoms with Gasteiger partial charge >= 0.3 is 0 Å². The van der Waals surface area contributed by atoms with E-state index in [1.165, 1.54) is 25.7 Å². The van der Waals surface area contributed by atoms with Crippen molar-refractivity contribution in [3.63, 3.8) is 0 Å². The Kier molecular flexibility index (Phi) is 4.76. The van der Waals surface area contributed by atoms with Gasteiger partial charge in [0.1, 0.15) is 6.17 Å². The van der Waals surface area contributed by atoms with Crippen LogP contribution in [0.2, 0.25) is 0 Å². The molecular weight excluding hydrogens is 163 g/mol. The van der Waals surface area contributed by atoms with Crippen molar-refractivity contribution in [3.05, 3.63) is 0 Å². The van der Waals surface area contributed by atoms with Crippen molar-refractivity contribution in [2.75, 3.05) is 0 Å². The molecule has 0 aliphatic heterocycles. The van der Waals surface area contributed by atoms with Gasteiger partial charge in [0.15, 0.2) is 0 Å². The molecule has 1 rings (SSSR count). The van der Waals surface area contributed by atoms with Crippen LogP contribution in [-0.4, -0.2) is 6.17 Å². The molecule has 3 atom stereocenters. The summed E-state index contributed by atoms with van der Waals surface area (Å²) >= 11 is 0. The van der Waals surface area contributed by atoms with E-state index < -0.39 is 6.17 Å². The van der Waals surface area contributed by atoms with Crippen LogP contribution in [0.3, 0.4) is 0 Å². The molecule has 78 valence electrons. The summed E-state index contributed by atoms with van der Waals surface area (Å²) in [6.45, 7) is 4.45. The Balaban J connectivity index is 2.18. The summed E-state index contributed by atoms with van der Waals surface area (Å²) in [6, 6.07) is 0. The number of rotatable bonds is 5. The first kappa shape index (κ1) is 11.0. The van der Waals surface area contributed by atoms with Crippen LogP contribution < -0.4 is 0 Å². The van der Waals surface area contributed by atoms with E-state index >= 15 is 0 Å². The number of unbranched alkanes of at least 4 members (excludes halogenated alkanes) is 2. The first-order chi connectivity index (χ1) is 6.25. The highest BCUT2D eigenvalue weighted by atomic mass is 19.1. The maximum Gasteiger partial charge on any atom is 0.103 e. The maximum absolute atomic E-state index is 13.3. The number of halogens is 1. The molecule has 0 aromatic rings. The highest BCUT2D eigenvalue weighted by molar-refractivity contribution is 4.80. The van der Waals surface area contributed by atoms with Crippen molar-refractivity contribution in [3.8, 4) is 0 Å². The van der Waals surface area contributed by atoms with Crippen LogP contribution in [0, 0.1) is 11.8 Å². The normalized spacial score (nSPS) is 30.7. The second-order valence-electron chi connectivity index (χ2n) is 4.58. The van der Waals surface area contributed by atoms with Crippen LogP contribution in [0.15, 0.2) is 0 Å². The number of hydrogen-bond acceptors (Lipinski definition) is 0. The van der Waals surface area contributed by atoms with E-state index in [-0.39, 0.29) is 0 Å². The zero-order chi connectivity index (χ0) is 9.68. The maximum atomic E-state index is 13.3. The Morgan fingerprint density at radius 3 is 2.62 bits per heavy atom. The summed E-state index contributed by atoms with van der Waals surface area (Å²) in [6.07, 6.45) is 7.70. The van der Waals surface area contributed by atoms with E-state index in [2.05, 4.69) is 13.8 Å². The summed E-state index contributed by atoms with van der Waals surface area (Å²) in [4.78, 5) is 0. The first-order valence-electron chi connectivity index (χ1n) is 5.89. The van der Waals surface area contributed by atoms with Crippen LogP contribution in [0.5, 0.6) is 0 Å². The third-order valence-corrected chi connectivity index (χ3v) is 3.48. The summed E-state index contributed by atoms with van der Waals surface area (Å²) < 4.78 is 13.3. The molecule has 13 heavy (non-hydrogen) atoms. The van der Waals surface area contributed by atoms with Gasteiger partial charge < -0.3 is 0 Å². The van der Waals surface area contributed by atoms with Gasteiger partial charge in [-0.1, -0.05) is 46.0 Å². The molecular formula is C12H23F. The molecule has 1 fully saturated rings. The summed E-state index contributed by atoms with van der Waals surface area (Å²) in [5.41, 5.74) is 0. The smallest absolute Gasteiger partial charge is 0.103 e. The van der Waals surface area contributed by atoms with Crippen molar-refractivity contribution in [1.29, 1.82) is 0 Å². The van der Waals surface area contributed by atoms with E-state index in [0.717, 1.165) is 19.3 Å². The first-order valence-corrected chi connectivity index (χ1v) is 5.89. The van der Waals surface area contributed by atoms with Crippen molar-refractivity contribution >= 4 is 0 Å². The highest BCUT2D eigenvalue weighted by Crippen LogP contribution is 2.36. The van der Waals surface area contributed by atoms with Crippen LogP contribution in [0.4, 0.5) is 4.39 Å². The quantitative estimate of drug-likeness (QED) is 0.560. The van der Waals surface area contributed by atoms with Gasteiger partial charge in [-0.25, -0.2) is 4.39 Å². The zero-order valence-electron chi connectivity index (χ0n) is 9.06. The minimum atomic E-state index is -0.489. The molecule has 0 heterocycles. The molecule has 0 amide bonds. The monoisotopic (exact) mass is 186 g/mol. The molecule has 0 spiro atoms. The molecule has 0 nitrogen and oxygen atoms in total. The Morgan fingerprint density at radius 1 is 1.31 bits per heavy atom. The van der Waals surface area contributed by atoms with E-state index in [4.69, 9.17) is 0 Å². The van der Waals surface area contributed by atoms with Gasteiger partial charge in [0.2, 0.25) is 0 Å². The fourth-order valence-electron chi connectivity index (χ4n) is 2.51. The SMILES string of the molecule is CCCCCC(C)C1CCCC1F. The molecule has 0 radical (unpaired) electrons. The van der Waals surface area contributed by atoms with Crippen molar-refractivity contribution < 1.29 is 4.39 Å². The van der Waals surface area contributed by atoms with E-state index in [1.54, 1.807) is 0 Å². The summed E-state index contributed by atoms with van der Waals surface area (Å²) in [7, 11) is 0. The average molecular weight is 186 g/mol. The molecule has 1 aliphatic carbocycles. The van der Waals surface area contributed by atoms with Crippen molar-refractivity contribution in [2.45, 2.75) is 65.0 Å². The molecule has 1 saturated carbocycles. The topological polar surface area (TPSA) is 0 Å². The minimum absolute atomic E-state index is 0.386. The number of hydrogen-bond donors (Lipinski definition) is 0. The van der Waals surface area contributed by atoms with Crippen LogP contribution >= 0.6 is 0 Å². The minimum Gasteiger partial charge on any atom is -0.247 e. The third-order valence-electron chi connectivity index (χ3n) is 3.48. The molecule has 0 aromatic heterocycles. The third kappa shape index (κ3) is 3.28. The van der Waals surface area contributed by atoms with Crippen molar-refractivity contribution in [2.24, 2.45) is 11.8 Å². The van der Waals surface area contributed by atoms with Gasteiger partial charge in [-0.05, 0) is 24.7 Å². The predicted molar refractivity (Wildman–Crippen MR) is 55.5 cm³/mol. The van der Waals surface area contributed by atoms with Crippen LogP contribution in [-0.2, 0) is 0 Å². The molecule has 1 aliphatic rings. The second-order valence-corrected chi connectivity index (χ2v) is 4.58. The number of alkyl halides is 1. The lowest BCUT2D eigenvalue weighted by atomic mass is 9.87.